The Balaban J connectivity index is 2.10. The molecule has 0 aromatic carbocycles. The molecule has 0 spiro atoms. The third-order valence-corrected chi connectivity index (χ3v) is 3.11. The minimum absolute atomic E-state index is 0.0934. The van der Waals surface area contributed by atoms with E-state index in [4.69, 9.17) is 5.73 Å². The monoisotopic (exact) mass is 273 g/mol. The SMILES string of the molecule is Cc1nccn1-c1ccc(NC(=O)[C@H](N)C(C)C)cn1. The molecule has 0 bridgehead atoms. The van der Waals surface area contributed by atoms with E-state index in [1.54, 1.807) is 18.5 Å². The molecule has 1 amide bonds. The molecule has 0 unspecified atom stereocenters. The van der Waals surface area contributed by atoms with E-state index in [9.17, 15) is 4.79 Å². The van der Waals surface area contributed by atoms with Crippen molar-refractivity contribution in [1.29, 1.82) is 0 Å². The predicted molar refractivity (Wildman–Crippen MR) is 77.5 cm³/mol. The zero-order valence-electron chi connectivity index (χ0n) is 11.9. The first-order valence-corrected chi connectivity index (χ1v) is 6.52. The minimum atomic E-state index is -0.523. The number of nitrogens with zero attached hydrogens (tertiary/aromatic N) is 3. The number of aryl methyl sites for hydroxylation is 1. The Morgan fingerprint density at radius 3 is 2.60 bits per heavy atom. The number of nitrogens with two attached hydrogens (primary N) is 1. The number of amides is 1. The van der Waals surface area contributed by atoms with E-state index >= 15 is 0 Å². The second-order valence-electron chi connectivity index (χ2n) is 5.01. The molecule has 3 N–H and O–H groups in total. The maximum absolute atomic E-state index is 11.8. The number of aromatic nitrogens is 3. The van der Waals surface area contributed by atoms with Gasteiger partial charge in [0.05, 0.1) is 17.9 Å². The van der Waals surface area contributed by atoms with Gasteiger partial charge in [-0.25, -0.2) is 9.97 Å². The van der Waals surface area contributed by atoms with Gasteiger partial charge in [-0.2, -0.15) is 0 Å². The second-order valence-corrected chi connectivity index (χ2v) is 5.01. The number of carbonyl (C=O) groups excluding carboxylic acids is 1. The number of anilines is 1. The van der Waals surface area contributed by atoms with E-state index in [2.05, 4.69) is 15.3 Å². The third kappa shape index (κ3) is 3.03. The van der Waals surface area contributed by atoms with Gasteiger partial charge in [0.2, 0.25) is 5.91 Å². The van der Waals surface area contributed by atoms with Gasteiger partial charge in [-0.05, 0) is 25.0 Å². The van der Waals surface area contributed by atoms with Crippen molar-refractivity contribution >= 4 is 11.6 Å². The molecule has 0 fully saturated rings. The summed E-state index contributed by atoms with van der Waals surface area (Å²) in [7, 11) is 0. The van der Waals surface area contributed by atoms with Crippen molar-refractivity contribution in [3.05, 3.63) is 36.5 Å². The first kappa shape index (κ1) is 14.2. The lowest BCUT2D eigenvalue weighted by molar-refractivity contribution is -0.118. The molecule has 0 saturated carbocycles. The van der Waals surface area contributed by atoms with Crippen molar-refractivity contribution in [3.63, 3.8) is 0 Å². The molecular formula is C14H19N5O. The lowest BCUT2D eigenvalue weighted by atomic mass is 10.1. The van der Waals surface area contributed by atoms with Gasteiger partial charge in [-0.3, -0.25) is 9.36 Å². The van der Waals surface area contributed by atoms with Crippen molar-refractivity contribution < 1.29 is 4.79 Å². The van der Waals surface area contributed by atoms with E-state index in [1.807, 2.05) is 37.6 Å². The number of pyridine rings is 1. The predicted octanol–water partition coefficient (Wildman–Crippen LogP) is 1.50. The van der Waals surface area contributed by atoms with Crippen molar-refractivity contribution in [2.75, 3.05) is 5.32 Å². The molecule has 2 rings (SSSR count). The van der Waals surface area contributed by atoms with Crippen LogP contribution < -0.4 is 11.1 Å². The number of hydrogen-bond donors (Lipinski definition) is 2. The van der Waals surface area contributed by atoms with Gasteiger partial charge in [0.1, 0.15) is 11.6 Å². The highest BCUT2D eigenvalue weighted by atomic mass is 16.2. The third-order valence-electron chi connectivity index (χ3n) is 3.11. The number of carbonyl (C=O) groups is 1. The number of nitrogens with one attached hydrogen (secondary N) is 1. The van der Waals surface area contributed by atoms with Crippen LogP contribution in [0.2, 0.25) is 0 Å². The molecule has 0 aliphatic rings. The summed E-state index contributed by atoms with van der Waals surface area (Å²) in [4.78, 5) is 20.3. The number of rotatable bonds is 4. The van der Waals surface area contributed by atoms with Crippen LogP contribution in [-0.4, -0.2) is 26.5 Å². The smallest absolute Gasteiger partial charge is 0.241 e. The summed E-state index contributed by atoms with van der Waals surface area (Å²) < 4.78 is 1.87. The van der Waals surface area contributed by atoms with Gasteiger partial charge >= 0.3 is 0 Å². The van der Waals surface area contributed by atoms with E-state index in [-0.39, 0.29) is 11.8 Å². The summed E-state index contributed by atoms with van der Waals surface area (Å²) in [6.07, 6.45) is 5.17. The van der Waals surface area contributed by atoms with Crippen LogP contribution in [0.3, 0.4) is 0 Å². The lowest BCUT2D eigenvalue weighted by Gasteiger charge is -2.15. The molecule has 2 aromatic heterocycles. The molecule has 6 nitrogen and oxygen atoms in total. The fraction of sp³-hybridized carbons (Fsp3) is 0.357. The standard InChI is InChI=1S/C14H19N5O/c1-9(2)13(15)14(20)18-11-4-5-12(17-8-11)19-7-6-16-10(19)3/h4-9,13H,15H2,1-3H3,(H,18,20)/t13-/m1/s1. The summed E-state index contributed by atoms with van der Waals surface area (Å²) in [5, 5.41) is 2.76. The highest BCUT2D eigenvalue weighted by molar-refractivity contribution is 5.94. The van der Waals surface area contributed by atoms with Crippen LogP contribution in [-0.2, 0) is 4.79 Å². The zero-order chi connectivity index (χ0) is 14.7. The second kappa shape index (κ2) is 5.83. The van der Waals surface area contributed by atoms with Gasteiger partial charge in [0, 0.05) is 12.4 Å². The van der Waals surface area contributed by atoms with Gasteiger partial charge in [0.15, 0.2) is 0 Å². The van der Waals surface area contributed by atoms with E-state index in [0.717, 1.165) is 11.6 Å². The normalized spacial score (nSPS) is 12.4. The maximum Gasteiger partial charge on any atom is 0.241 e. The average Bonchev–Trinajstić information content (AvgIpc) is 2.85. The van der Waals surface area contributed by atoms with Crippen molar-refractivity contribution in [2.45, 2.75) is 26.8 Å². The largest absolute Gasteiger partial charge is 0.323 e. The first-order valence-electron chi connectivity index (χ1n) is 6.52. The lowest BCUT2D eigenvalue weighted by Crippen LogP contribution is -2.39. The van der Waals surface area contributed by atoms with Gasteiger partial charge in [-0.15, -0.1) is 0 Å². The highest BCUT2D eigenvalue weighted by Gasteiger charge is 2.17. The summed E-state index contributed by atoms with van der Waals surface area (Å²) in [5.74, 6) is 1.51. The van der Waals surface area contributed by atoms with Gasteiger partial charge in [-0.1, -0.05) is 13.8 Å². The Kier molecular flexibility index (Phi) is 4.14. The number of imidazole rings is 1. The topological polar surface area (TPSA) is 85.8 Å². The first-order chi connectivity index (χ1) is 9.49. The molecule has 0 saturated heterocycles. The molecule has 1 atom stereocenters. The summed E-state index contributed by atoms with van der Waals surface area (Å²) in [6, 6.07) is 3.10. The molecule has 0 radical (unpaired) electrons. The average molecular weight is 273 g/mol. The van der Waals surface area contributed by atoms with Crippen LogP contribution in [0, 0.1) is 12.8 Å². The fourth-order valence-electron chi connectivity index (χ4n) is 1.75. The fourth-order valence-corrected chi connectivity index (χ4v) is 1.75. The highest BCUT2D eigenvalue weighted by Crippen LogP contribution is 2.12. The van der Waals surface area contributed by atoms with Gasteiger partial charge < -0.3 is 11.1 Å². The van der Waals surface area contributed by atoms with Crippen molar-refractivity contribution in [1.82, 2.24) is 14.5 Å². The van der Waals surface area contributed by atoms with Crippen LogP contribution in [0.25, 0.3) is 5.82 Å². The Labute approximate surface area is 118 Å². The molecular weight excluding hydrogens is 254 g/mol. The van der Waals surface area contributed by atoms with Crippen LogP contribution in [0.1, 0.15) is 19.7 Å². The molecule has 0 aliphatic heterocycles. The van der Waals surface area contributed by atoms with Crippen molar-refractivity contribution in [2.24, 2.45) is 11.7 Å². The Morgan fingerprint density at radius 1 is 1.35 bits per heavy atom. The maximum atomic E-state index is 11.8. The van der Waals surface area contributed by atoms with Crippen LogP contribution in [0.4, 0.5) is 5.69 Å². The summed E-state index contributed by atoms with van der Waals surface area (Å²) in [5.41, 5.74) is 6.42. The Bertz CT molecular complexity index is 588. The van der Waals surface area contributed by atoms with E-state index in [1.165, 1.54) is 0 Å². The Hall–Kier alpha value is -2.21. The van der Waals surface area contributed by atoms with Crippen LogP contribution in [0.5, 0.6) is 0 Å². The van der Waals surface area contributed by atoms with Gasteiger partial charge in [0.25, 0.3) is 0 Å². The Morgan fingerprint density at radius 2 is 2.10 bits per heavy atom. The zero-order valence-corrected chi connectivity index (χ0v) is 11.9. The molecule has 0 aliphatic carbocycles. The molecule has 106 valence electrons. The van der Waals surface area contributed by atoms with E-state index < -0.39 is 6.04 Å². The number of hydrogen-bond acceptors (Lipinski definition) is 4. The summed E-state index contributed by atoms with van der Waals surface area (Å²) in [6.45, 7) is 5.72. The molecule has 6 heteroatoms. The quantitative estimate of drug-likeness (QED) is 0.884. The molecule has 2 aromatic rings. The molecule has 2 heterocycles. The molecule has 20 heavy (non-hydrogen) atoms. The minimum Gasteiger partial charge on any atom is -0.323 e. The van der Waals surface area contributed by atoms with Crippen LogP contribution >= 0.6 is 0 Å². The van der Waals surface area contributed by atoms with E-state index in [0.29, 0.717) is 5.69 Å². The van der Waals surface area contributed by atoms with Crippen molar-refractivity contribution in [3.8, 4) is 5.82 Å². The van der Waals surface area contributed by atoms with Crippen LogP contribution in [0.15, 0.2) is 30.7 Å². The summed E-state index contributed by atoms with van der Waals surface area (Å²) >= 11 is 0.